The standard InChI is InChI=1S/C60H47BN2S/c1-4-5-6-15-36-24-28-39(29-25-36)62-51-22-13-10-19-42(51)47-33-45(38-26-30-44-43-20-11-14-23-54(43)64-55(44)32-38)57-56-40-17-8-7-16-37(40)27-31-52(56)63-53-34-46-41-18-9-12-21-48(41)60(2,3)49(46)35-50(53)61-58(47)59(57)63/h7-14,16-35,61-62H,4-6,15H2,1-3H3. The molecule has 0 saturated carbocycles. The highest BCUT2D eigenvalue weighted by Crippen LogP contribution is 2.51. The Morgan fingerprint density at radius 1 is 0.578 bits per heavy atom. The molecule has 2 aliphatic rings. The van der Waals surface area contributed by atoms with Gasteiger partial charge in [-0.3, -0.25) is 0 Å². The van der Waals surface area contributed by atoms with E-state index in [0.717, 1.165) is 25.1 Å². The van der Waals surface area contributed by atoms with E-state index in [0.29, 0.717) is 0 Å². The van der Waals surface area contributed by atoms with Crippen LogP contribution in [-0.2, 0) is 11.8 Å². The third-order valence-corrected chi connectivity index (χ3v) is 15.8. The van der Waals surface area contributed by atoms with E-state index in [2.05, 4.69) is 201 Å². The van der Waals surface area contributed by atoms with E-state index in [1.54, 1.807) is 0 Å². The minimum Gasteiger partial charge on any atom is -0.355 e. The lowest BCUT2D eigenvalue weighted by Gasteiger charge is -2.27. The highest BCUT2D eigenvalue weighted by Gasteiger charge is 2.38. The number of para-hydroxylation sites is 1. The Bertz CT molecular complexity index is 3720. The summed E-state index contributed by atoms with van der Waals surface area (Å²) >= 11 is 1.90. The Labute approximate surface area is 379 Å². The molecular weight excluding hydrogens is 792 g/mol. The molecule has 1 aliphatic heterocycles. The third-order valence-electron chi connectivity index (χ3n) is 14.6. The Hall–Kier alpha value is -6.88. The number of unbranched alkanes of at least 4 members (excludes halogenated alkanes) is 2. The Morgan fingerprint density at radius 2 is 1.34 bits per heavy atom. The highest BCUT2D eigenvalue weighted by atomic mass is 32.1. The summed E-state index contributed by atoms with van der Waals surface area (Å²) in [5, 5.41) is 11.8. The van der Waals surface area contributed by atoms with Crippen molar-refractivity contribution in [2.45, 2.75) is 51.9 Å². The van der Waals surface area contributed by atoms with Gasteiger partial charge in [0.05, 0.1) is 5.52 Å². The molecule has 11 aromatic rings. The fourth-order valence-electron chi connectivity index (χ4n) is 11.5. The predicted molar refractivity (Wildman–Crippen MR) is 279 cm³/mol. The van der Waals surface area contributed by atoms with Crippen LogP contribution >= 0.6 is 11.3 Å². The van der Waals surface area contributed by atoms with Gasteiger partial charge in [-0.05, 0) is 122 Å². The number of fused-ring (bicyclic) bond motifs is 13. The van der Waals surface area contributed by atoms with Gasteiger partial charge >= 0.3 is 0 Å². The van der Waals surface area contributed by atoms with Gasteiger partial charge in [-0.15, -0.1) is 11.3 Å². The normalized spacial score (nSPS) is 13.4. The first-order chi connectivity index (χ1) is 31.4. The minimum atomic E-state index is -0.0918. The molecular formula is C60H47BN2S. The summed E-state index contributed by atoms with van der Waals surface area (Å²) in [6.07, 6.45) is 4.87. The number of aryl methyl sites for hydroxylation is 1. The smallest absolute Gasteiger partial charge is 0.198 e. The van der Waals surface area contributed by atoms with Gasteiger partial charge in [0, 0.05) is 64.5 Å². The van der Waals surface area contributed by atoms with Crippen LogP contribution in [0.5, 0.6) is 0 Å². The van der Waals surface area contributed by atoms with Crippen molar-refractivity contribution in [1.29, 1.82) is 0 Å². The minimum absolute atomic E-state index is 0.0918. The fraction of sp³-hybridized carbons (Fsp3) is 0.133. The number of nitrogens with zero attached hydrogens (tertiary/aromatic N) is 1. The van der Waals surface area contributed by atoms with Crippen LogP contribution in [0.3, 0.4) is 0 Å². The molecule has 0 fully saturated rings. The van der Waals surface area contributed by atoms with Gasteiger partial charge in [-0.2, -0.15) is 0 Å². The maximum absolute atomic E-state index is 3.92. The zero-order valence-corrected chi connectivity index (χ0v) is 37.4. The van der Waals surface area contributed by atoms with E-state index in [-0.39, 0.29) is 5.41 Å². The van der Waals surface area contributed by atoms with Crippen molar-refractivity contribution in [3.63, 3.8) is 0 Å². The molecule has 1 aliphatic carbocycles. The number of rotatable bonds is 8. The van der Waals surface area contributed by atoms with Gasteiger partial charge in [0.15, 0.2) is 7.28 Å². The van der Waals surface area contributed by atoms with E-state index in [4.69, 9.17) is 0 Å². The van der Waals surface area contributed by atoms with Crippen molar-refractivity contribution in [2.75, 3.05) is 5.32 Å². The first-order valence-electron chi connectivity index (χ1n) is 23.1. The van der Waals surface area contributed by atoms with Gasteiger partial charge in [0.25, 0.3) is 0 Å². The van der Waals surface area contributed by atoms with Gasteiger partial charge < -0.3 is 9.88 Å². The van der Waals surface area contributed by atoms with Crippen LogP contribution in [0.15, 0.2) is 170 Å². The molecule has 64 heavy (non-hydrogen) atoms. The molecule has 0 radical (unpaired) electrons. The lowest BCUT2D eigenvalue weighted by atomic mass is 9.58. The summed E-state index contributed by atoms with van der Waals surface area (Å²) in [4.78, 5) is 0. The molecule has 0 unspecified atom stereocenters. The van der Waals surface area contributed by atoms with E-state index in [1.807, 2.05) is 11.3 Å². The number of nitrogens with one attached hydrogen (secondary N) is 1. The third kappa shape index (κ3) is 5.58. The maximum atomic E-state index is 3.92. The molecule has 0 saturated heterocycles. The molecule has 1 N–H and O–H groups in total. The number of anilines is 2. The van der Waals surface area contributed by atoms with E-state index >= 15 is 0 Å². The predicted octanol–water partition coefficient (Wildman–Crippen LogP) is 15.1. The van der Waals surface area contributed by atoms with Gasteiger partial charge in [0.2, 0.25) is 0 Å². The topological polar surface area (TPSA) is 17.0 Å². The molecule has 0 atom stereocenters. The zero-order valence-electron chi connectivity index (χ0n) is 36.6. The molecule has 2 aromatic heterocycles. The highest BCUT2D eigenvalue weighted by molar-refractivity contribution is 7.25. The lowest BCUT2D eigenvalue weighted by Crippen LogP contribution is -2.38. The average Bonchev–Trinajstić information content (AvgIpc) is 3.96. The monoisotopic (exact) mass is 838 g/mol. The molecule has 13 rings (SSSR count). The van der Waals surface area contributed by atoms with Crippen molar-refractivity contribution in [3.05, 3.63) is 187 Å². The molecule has 0 spiro atoms. The number of aromatic nitrogens is 1. The average molecular weight is 839 g/mol. The Kier molecular flexibility index (Phi) is 8.43. The van der Waals surface area contributed by atoms with Crippen LogP contribution in [-0.4, -0.2) is 11.8 Å². The summed E-state index contributed by atoms with van der Waals surface area (Å²) in [5.41, 5.74) is 20.7. The van der Waals surface area contributed by atoms with Crippen LogP contribution in [0.25, 0.3) is 91.8 Å². The molecule has 0 bridgehead atoms. The molecule has 0 amide bonds. The van der Waals surface area contributed by atoms with E-state index in [9.17, 15) is 0 Å². The number of thiophene rings is 1. The van der Waals surface area contributed by atoms with Crippen LogP contribution in [0.4, 0.5) is 11.4 Å². The van der Waals surface area contributed by atoms with Gasteiger partial charge in [0.1, 0.15) is 0 Å². The number of benzene rings is 9. The van der Waals surface area contributed by atoms with Crippen molar-refractivity contribution in [1.82, 2.24) is 4.57 Å². The lowest BCUT2D eigenvalue weighted by molar-refractivity contribution is 0.661. The van der Waals surface area contributed by atoms with E-state index < -0.39 is 0 Å². The van der Waals surface area contributed by atoms with Crippen LogP contribution in [0, 0.1) is 0 Å². The van der Waals surface area contributed by atoms with Gasteiger partial charge in [-0.1, -0.05) is 160 Å². The van der Waals surface area contributed by atoms with Crippen LogP contribution in [0.1, 0.15) is 56.7 Å². The first-order valence-corrected chi connectivity index (χ1v) is 23.9. The fourth-order valence-corrected chi connectivity index (χ4v) is 12.6. The zero-order chi connectivity index (χ0) is 42.7. The molecule has 306 valence electrons. The summed E-state index contributed by atoms with van der Waals surface area (Å²) in [5.74, 6) is 0. The summed E-state index contributed by atoms with van der Waals surface area (Å²) in [6, 6.07) is 64.6. The summed E-state index contributed by atoms with van der Waals surface area (Å²) in [7, 11) is 0.839. The van der Waals surface area contributed by atoms with E-state index in [1.165, 1.54) is 139 Å². The van der Waals surface area contributed by atoms with Crippen molar-refractivity contribution < 1.29 is 0 Å². The van der Waals surface area contributed by atoms with Crippen molar-refractivity contribution in [2.24, 2.45) is 0 Å². The second-order valence-electron chi connectivity index (χ2n) is 18.7. The van der Waals surface area contributed by atoms with Crippen molar-refractivity contribution >= 4 is 93.7 Å². The molecule has 2 nitrogen and oxygen atoms in total. The summed E-state index contributed by atoms with van der Waals surface area (Å²) in [6.45, 7) is 7.08. The Balaban J connectivity index is 1.11. The van der Waals surface area contributed by atoms with Crippen LogP contribution in [0.2, 0.25) is 0 Å². The number of hydrogen-bond acceptors (Lipinski definition) is 2. The molecule has 9 aromatic carbocycles. The molecule has 4 heteroatoms. The first kappa shape index (κ1) is 37.7. The van der Waals surface area contributed by atoms with Gasteiger partial charge in [-0.25, -0.2) is 0 Å². The largest absolute Gasteiger partial charge is 0.355 e. The quantitative estimate of drug-likeness (QED) is 0.119. The second-order valence-corrected chi connectivity index (χ2v) is 19.8. The maximum Gasteiger partial charge on any atom is 0.198 e. The second kappa shape index (κ2) is 14.3. The molecule has 3 heterocycles. The number of hydrogen-bond donors (Lipinski definition) is 1. The van der Waals surface area contributed by atoms with Crippen molar-refractivity contribution in [3.8, 4) is 39.1 Å². The SMILES string of the molecule is CCCCCc1ccc(Nc2ccccc2-c2cc(-c3ccc4c(c3)sc3ccccc34)c3c4c5ccccc5ccc4n4c3c2Bc2cc3c(cc2-4)-c2ccccc2C3(C)C)cc1. The Morgan fingerprint density at radius 3 is 2.22 bits per heavy atom. The summed E-state index contributed by atoms with van der Waals surface area (Å²) < 4.78 is 5.30. The van der Waals surface area contributed by atoms with Crippen LogP contribution < -0.4 is 16.2 Å².